The molecule has 1 aromatic heterocycles. The van der Waals surface area contributed by atoms with Gasteiger partial charge in [-0.15, -0.1) is 24.0 Å². The molecule has 0 unspecified atom stereocenters. The van der Waals surface area contributed by atoms with Crippen LogP contribution in [0.15, 0.2) is 83.3 Å². The van der Waals surface area contributed by atoms with Crippen molar-refractivity contribution in [3.8, 4) is 103 Å². The number of methoxy groups -OCH3 is 12. The summed E-state index contributed by atoms with van der Waals surface area (Å²) in [5.74, 6) is 7.32. The molecule has 6 aromatic carbocycles. The van der Waals surface area contributed by atoms with Crippen molar-refractivity contribution in [2.24, 2.45) is 0 Å². The average Bonchev–Trinajstić information content (AvgIpc) is 3.75. The summed E-state index contributed by atoms with van der Waals surface area (Å²) in [5, 5.41) is 38.7. The molecule has 0 spiro atoms. The van der Waals surface area contributed by atoms with Gasteiger partial charge in [0.15, 0.2) is 0 Å². The van der Waals surface area contributed by atoms with Crippen LogP contribution in [0.2, 0.25) is 0 Å². The maximum atomic E-state index is 9.74. The predicted molar refractivity (Wildman–Crippen MR) is 300 cm³/mol. The zero-order valence-electron chi connectivity index (χ0n) is 39.9. The topological polar surface area (TPSA) is 205 Å². The Hall–Kier alpha value is -4.64. The molecule has 1 radical (unpaired) electrons. The fourth-order valence-electron chi connectivity index (χ4n) is 6.32. The fourth-order valence-corrected chi connectivity index (χ4v) is 7.07. The maximum Gasteiger partial charge on any atom is 0.142 e. The second-order valence-electron chi connectivity index (χ2n) is 13.2. The van der Waals surface area contributed by atoms with Crippen molar-refractivity contribution >= 4 is 106 Å². The van der Waals surface area contributed by atoms with Gasteiger partial charge in [0, 0.05) is 133 Å². The van der Waals surface area contributed by atoms with Crippen molar-refractivity contribution in [3.05, 3.63) is 82.4 Å². The standard InChI is InChI=1S/C18H22O6.C12H8O5.C9H11IO3.C9H12O3.Cu.I2.HI/c1-19-11-7-13(21-3)17(14(8-11)22-4)18-15(23-5)9-12(20-2)10-16(18)24-6;13-5-1-7(15)11-9(3-5)17-10-4-6(14)2-8(16)12(10)11;1-11-6-4-7(12-2)9(10)8(5-6)13-3;1-10-7-4-8(11-2)6-9(5-7)12-3;;1-2;/h7-10H,1-6H3;1-4,13-16H;4-5H,1-3H3;4-6H,1-3H3;;;1H. The van der Waals surface area contributed by atoms with Crippen molar-refractivity contribution < 1.29 is 98.8 Å². The largest absolute Gasteiger partial charge is 0.508 e. The minimum Gasteiger partial charge on any atom is -0.508 e. The number of aromatic hydroxyl groups is 4. The van der Waals surface area contributed by atoms with E-state index in [2.05, 4.69) is 59.8 Å². The second-order valence-corrected chi connectivity index (χ2v) is 14.3. The fraction of sp³-hybridized carbons (Fsp3) is 0.250. The summed E-state index contributed by atoms with van der Waals surface area (Å²) in [6.07, 6.45) is 0. The van der Waals surface area contributed by atoms with E-state index in [1.54, 1.807) is 128 Å². The summed E-state index contributed by atoms with van der Waals surface area (Å²) in [5.41, 5.74) is 1.88. The van der Waals surface area contributed by atoms with Crippen LogP contribution in [-0.4, -0.2) is 106 Å². The number of fused-ring (bicyclic) bond motifs is 3. The van der Waals surface area contributed by atoms with Gasteiger partial charge in [-0.25, -0.2) is 0 Å². The van der Waals surface area contributed by atoms with Gasteiger partial charge in [-0.3, -0.25) is 0 Å². The van der Waals surface area contributed by atoms with Crippen LogP contribution < -0.4 is 56.8 Å². The Morgan fingerprint density at radius 1 is 0.343 bits per heavy atom. The van der Waals surface area contributed by atoms with Gasteiger partial charge in [0.1, 0.15) is 103 Å². The molecule has 387 valence electrons. The van der Waals surface area contributed by atoms with Crippen molar-refractivity contribution in [1.29, 1.82) is 0 Å². The van der Waals surface area contributed by atoms with Crippen molar-refractivity contribution in [1.82, 2.24) is 0 Å². The van der Waals surface area contributed by atoms with Crippen LogP contribution in [0.1, 0.15) is 0 Å². The molecule has 22 heteroatoms. The van der Waals surface area contributed by atoms with Gasteiger partial charge in [0.2, 0.25) is 0 Å². The molecule has 0 saturated carbocycles. The average molecular weight is 1470 g/mol. The molecule has 0 bridgehead atoms. The molecule has 0 aliphatic rings. The van der Waals surface area contributed by atoms with Gasteiger partial charge in [0.25, 0.3) is 0 Å². The van der Waals surface area contributed by atoms with Gasteiger partial charge in [0.05, 0.1) is 111 Å². The quantitative estimate of drug-likeness (QED) is 0.0626. The van der Waals surface area contributed by atoms with Crippen LogP contribution in [0, 0.1) is 3.57 Å². The Balaban J connectivity index is 0.000000473. The van der Waals surface area contributed by atoms with Gasteiger partial charge < -0.3 is 81.7 Å². The number of phenols is 4. The Bertz CT molecular complexity index is 2480. The Morgan fingerprint density at radius 3 is 0.800 bits per heavy atom. The van der Waals surface area contributed by atoms with Crippen LogP contribution in [0.5, 0.6) is 92.0 Å². The van der Waals surface area contributed by atoms with Gasteiger partial charge in [-0.05, 0) is 22.6 Å². The van der Waals surface area contributed by atoms with Crippen LogP contribution in [0.4, 0.5) is 0 Å². The van der Waals surface area contributed by atoms with E-state index >= 15 is 0 Å². The third kappa shape index (κ3) is 16.2. The molecule has 0 aliphatic heterocycles. The van der Waals surface area contributed by atoms with E-state index in [0.717, 1.165) is 50.2 Å². The Labute approximate surface area is 470 Å². The Morgan fingerprint density at radius 2 is 0.571 bits per heavy atom. The second kappa shape index (κ2) is 31.6. The van der Waals surface area contributed by atoms with Gasteiger partial charge >= 0.3 is 0 Å². The maximum absolute atomic E-state index is 9.74. The van der Waals surface area contributed by atoms with E-state index in [9.17, 15) is 20.4 Å². The van der Waals surface area contributed by atoms with Crippen molar-refractivity contribution in [2.45, 2.75) is 0 Å². The van der Waals surface area contributed by atoms with E-state index in [1.807, 2.05) is 12.1 Å². The smallest absolute Gasteiger partial charge is 0.142 e. The molecule has 4 N–H and O–H groups in total. The number of furan rings is 1. The molecular formula is C48H54CuI4O17. The molecule has 1 heterocycles. The summed E-state index contributed by atoms with van der Waals surface area (Å²) < 4.78 is 69.6. The number of ether oxygens (including phenoxy) is 12. The molecule has 7 aromatic rings. The molecule has 17 nitrogen and oxygen atoms in total. The van der Waals surface area contributed by atoms with E-state index in [4.69, 9.17) is 61.3 Å². The molecule has 0 amide bonds. The normalized spacial score (nSPS) is 9.64. The third-order valence-corrected chi connectivity index (χ3v) is 10.6. The summed E-state index contributed by atoms with van der Waals surface area (Å²) in [6, 6.07) is 21.1. The van der Waals surface area contributed by atoms with Gasteiger partial charge in [-0.2, -0.15) is 0 Å². The first-order valence-electron chi connectivity index (χ1n) is 19.5. The summed E-state index contributed by atoms with van der Waals surface area (Å²) in [6.45, 7) is 0. The van der Waals surface area contributed by atoms with E-state index < -0.39 is 0 Å². The molecule has 0 saturated heterocycles. The summed E-state index contributed by atoms with van der Waals surface area (Å²) in [4.78, 5) is 0. The molecule has 70 heavy (non-hydrogen) atoms. The number of hydrogen-bond acceptors (Lipinski definition) is 17. The summed E-state index contributed by atoms with van der Waals surface area (Å²) in [7, 11) is 19.2. The number of halogens is 4. The van der Waals surface area contributed by atoms with Crippen molar-refractivity contribution in [2.75, 3.05) is 85.3 Å². The van der Waals surface area contributed by atoms with E-state index in [1.165, 1.54) is 12.1 Å². The van der Waals surface area contributed by atoms with Crippen LogP contribution in [0.3, 0.4) is 0 Å². The van der Waals surface area contributed by atoms with E-state index in [0.29, 0.717) is 56.4 Å². The molecular weight excluding hydrogens is 1420 g/mol. The van der Waals surface area contributed by atoms with Crippen LogP contribution in [0.25, 0.3) is 33.1 Å². The van der Waals surface area contributed by atoms with Crippen LogP contribution >= 0.6 is 83.8 Å². The van der Waals surface area contributed by atoms with Crippen LogP contribution in [-0.2, 0) is 17.1 Å². The predicted octanol–water partition coefficient (Wildman–Crippen LogP) is 12.2. The molecule has 0 aliphatic carbocycles. The number of benzene rings is 6. The SMILES string of the molecule is COc1cc(OC)c(-c2c(OC)cc(OC)cc2OC)c(OC)c1.COc1cc(OC)c(I)c(OC)c1.COc1cc(OC)cc(OC)c1.I.II.Oc1cc(O)c2c(c1)oc1cc(O)cc(O)c12.[Cu]. The number of phenolic OH excluding ortho intramolecular Hbond substituents is 4. The molecule has 0 atom stereocenters. The van der Waals surface area contributed by atoms with Gasteiger partial charge in [-0.1, -0.05) is 0 Å². The first-order chi connectivity index (χ1) is 32.7. The third-order valence-electron chi connectivity index (χ3n) is 9.50. The number of rotatable bonds is 13. The zero-order valence-corrected chi connectivity index (χ0v) is 49.7. The molecule has 0 fully saturated rings. The summed E-state index contributed by atoms with van der Waals surface area (Å²) >= 11 is 6.41. The Kier molecular flexibility index (Phi) is 28.6. The first-order valence-corrected chi connectivity index (χ1v) is 26.9. The first kappa shape index (κ1) is 63.4. The number of hydrogen-bond donors (Lipinski definition) is 4. The minimum absolute atomic E-state index is 0. The van der Waals surface area contributed by atoms with E-state index in [-0.39, 0.29) is 75.2 Å². The monoisotopic (exact) mass is 1470 g/mol. The minimum atomic E-state index is -0.195. The van der Waals surface area contributed by atoms with Crippen molar-refractivity contribution in [3.63, 3.8) is 0 Å². The zero-order chi connectivity index (χ0) is 50.7. The molecule has 7 rings (SSSR count).